The second-order valence-corrected chi connectivity index (χ2v) is 7.54. The molecular formula is C28H30O4. The van der Waals surface area contributed by atoms with Gasteiger partial charge in [-0.1, -0.05) is 60.7 Å². The highest BCUT2D eigenvalue weighted by Crippen LogP contribution is 2.26. The topological polar surface area (TPSA) is 44.8 Å². The Kier molecular flexibility index (Phi) is 8.93. The van der Waals surface area contributed by atoms with E-state index in [-0.39, 0.29) is 12.1 Å². The molecule has 3 rings (SSSR count). The molecule has 0 heterocycles. The van der Waals surface area contributed by atoms with E-state index < -0.39 is 0 Å². The van der Waals surface area contributed by atoms with Crippen LogP contribution in [0, 0.1) is 0 Å². The molecule has 0 bridgehead atoms. The summed E-state index contributed by atoms with van der Waals surface area (Å²) < 4.78 is 16.8. The molecule has 0 aliphatic rings. The smallest absolute Gasteiger partial charge is 0.306 e. The SMILES string of the molecule is C=CCC[C@@H](OC(=O)CCc1ccc(OCc2ccccc2)cc1)c1ccc(OC)cc1. The second-order valence-electron chi connectivity index (χ2n) is 7.54. The zero-order valence-corrected chi connectivity index (χ0v) is 18.5. The lowest BCUT2D eigenvalue weighted by Gasteiger charge is -2.18. The van der Waals surface area contributed by atoms with Crippen molar-refractivity contribution in [2.45, 2.75) is 38.4 Å². The Bertz CT molecular complexity index is 963. The van der Waals surface area contributed by atoms with Gasteiger partial charge >= 0.3 is 5.97 Å². The summed E-state index contributed by atoms with van der Waals surface area (Å²) in [4.78, 5) is 12.5. The van der Waals surface area contributed by atoms with E-state index in [1.54, 1.807) is 7.11 Å². The van der Waals surface area contributed by atoms with Crippen molar-refractivity contribution in [3.8, 4) is 11.5 Å². The van der Waals surface area contributed by atoms with Gasteiger partial charge in [-0.3, -0.25) is 4.79 Å². The standard InChI is InChI=1S/C28H30O4/c1-3-4-10-27(24-14-18-25(30-2)19-15-24)32-28(29)20-13-22-11-16-26(17-12-22)31-21-23-8-6-5-7-9-23/h3,5-9,11-12,14-19,27H,1,4,10,13,20-21H2,2H3/t27-/m1/s1. The number of hydrogen-bond acceptors (Lipinski definition) is 4. The van der Waals surface area contributed by atoms with Crippen molar-refractivity contribution in [2.75, 3.05) is 7.11 Å². The molecule has 4 nitrogen and oxygen atoms in total. The average molecular weight is 431 g/mol. The van der Waals surface area contributed by atoms with Crippen LogP contribution in [0.5, 0.6) is 11.5 Å². The first-order chi connectivity index (χ1) is 15.7. The third-order valence-electron chi connectivity index (χ3n) is 5.18. The number of aryl methyl sites for hydroxylation is 1. The molecule has 0 saturated carbocycles. The number of methoxy groups -OCH3 is 1. The summed E-state index contributed by atoms with van der Waals surface area (Å²) in [5.41, 5.74) is 3.16. The van der Waals surface area contributed by atoms with Crippen LogP contribution in [-0.4, -0.2) is 13.1 Å². The Morgan fingerprint density at radius 3 is 2.25 bits per heavy atom. The van der Waals surface area contributed by atoms with Gasteiger partial charge in [0.1, 0.15) is 24.2 Å². The maximum Gasteiger partial charge on any atom is 0.306 e. The molecule has 3 aromatic rings. The molecular weight excluding hydrogens is 400 g/mol. The van der Waals surface area contributed by atoms with Crippen molar-refractivity contribution in [2.24, 2.45) is 0 Å². The lowest BCUT2D eigenvalue weighted by atomic mass is 10.0. The molecule has 0 aromatic heterocycles. The van der Waals surface area contributed by atoms with Gasteiger partial charge in [0.05, 0.1) is 7.11 Å². The molecule has 0 aliphatic carbocycles. The van der Waals surface area contributed by atoms with Crippen LogP contribution >= 0.6 is 0 Å². The lowest BCUT2D eigenvalue weighted by molar-refractivity contribution is -0.149. The quantitative estimate of drug-likeness (QED) is 0.244. The average Bonchev–Trinajstić information content (AvgIpc) is 2.85. The van der Waals surface area contributed by atoms with E-state index in [4.69, 9.17) is 14.2 Å². The van der Waals surface area contributed by atoms with E-state index in [2.05, 4.69) is 6.58 Å². The van der Waals surface area contributed by atoms with Gasteiger partial charge in [-0.25, -0.2) is 0 Å². The number of carbonyl (C=O) groups is 1. The molecule has 0 saturated heterocycles. The van der Waals surface area contributed by atoms with E-state index in [0.29, 0.717) is 25.9 Å². The van der Waals surface area contributed by atoms with Crippen LogP contribution in [0.1, 0.15) is 42.1 Å². The normalized spacial score (nSPS) is 11.4. The third kappa shape index (κ3) is 7.31. The van der Waals surface area contributed by atoms with E-state index in [9.17, 15) is 4.79 Å². The number of hydrogen-bond donors (Lipinski definition) is 0. The van der Waals surface area contributed by atoms with Crippen molar-refractivity contribution < 1.29 is 19.0 Å². The van der Waals surface area contributed by atoms with Crippen LogP contribution in [0.15, 0.2) is 91.5 Å². The number of esters is 1. The summed E-state index contributed by atoms with van der Waals surface area (Å²) in [6.45, 7) is 4.31. The van der Waals surface area contributed by atoms with Crippen molar-refractivity contribution in [1.29, 1.82) is 0 Å². The number of rotatable bonds is 12. The number of allylic oxidation sites excluding steroid dienone is 1. The van der Waals surface area contributed by atoms with E-state index in [1.807, 2.05) is 84.9 Å². The Hall–Kier alpha value is -3.53. The maximum atomic E-state index is 12.5. The first-order valence-electron chi connectivity index (χ1n) is 10.9. The van der Waals surface area contributed by atoms with Gasteiger partial charge in [0, 0.05) is 6.42 Å². The van der Waals surface area contributed by atoms with Gasteiger partial charge < -0.3 is 14.2 Å². The number of ether oxygens (including phenoxy) is 3. The van der Waals surface area contributed by atoms with Gasteiger partial charge in [0.25, 0.3) is 0 Å². The van der Waals surface area contributed by atoms with Crippen molar-refractivity contribution in [3.05, 3.63) is 108 Å². The van der Waals surface area contributed by atoms with E-state index in [0.717, 1.165) is 34.6 Å². The summed E-state index contributed by atoms with van der Waals surface area (Å²) in [6.07, 6.45) is 3.97. The van der Waals surface area contributed by atoms with Crippen molar-refractivity contribution in [3.63, 3.8) is 0 Å². The molecule has 0 amide bonds. The third-order valence-corrected chi connectivity index (χ3v) is 5.18. The zero-order valence-electron chi connectivity index (χ0n) is 18.5. The number of carbonyl (C=O) groups excluding carboxylic acids is 1. The van der Waals surface area contributed by atoms with Crippen LogP contribution in [0.3, 0.4) is 0 Å². The van der Waals surface area contributed by atoms with Gasteiger partial charge in [-0.2, -0.15) is 0 Å². The summed E-state index contributed by atoms with van der Waals surface area (Å²) in [5, 5.41) is 0. The molecule has 0 N–H and O–H groups in total. The molecule has 0 radical (unpaired) electrons. The Morgan fingerprint density at radius 2 is 1.59 bits per heavy atom. The first-order valence-corrected chi connectivity index (χ1v) is 10.9. The summed E-state index contributed by atoms with van der Waals surface area (Å²) in [5.74, 6) is 1.38. The molecule has 166 valence electrons. The Balaban J connectivity index is 1.49. The second kappa shape index (κ2) is 12.4. The fraction of sp³-hybridized carbons (Fsp3) is 0.250. The van der Waals surface area contributed by atoms with Gasteiger partial charge in [0.15, 0.2) is 0 Å². The monoisotopic (exact) mass is 430 g/mol. The van der Waals surface area contributed by atoms with Crippen LogP contribution in [-0.2, 0) is 22.6 Å². The van der Waals surface area contributed by atoms with Gasteiger partial charge in [0.2, 0.25) is 0 Å². The summed E-state index contributed by atoms with van der Waals surface area (Å²) >= 11 is 0. The lowest BCUT2D eigenvalue weighted by Crippen LogP contribution is -2.12. The highest BCUT2D eigenvalue weighted by molar-refractivity contribution is 5.70. The Labute approximate surface area is 190 Å². The molecule has 4 heteroatoms. The van der Waals surface area contributed by atoms with E-state index in [1.165, 1.54) is 0 Å². The van der Waals surface area contributed by atoms with Crippen LogP contribution in [0.25, 0.3) is 0 Å². The van der Waals surface area contributed by atoms with E-state index >= 15 is 0 Å². The maximum absolute atomic E-state index is 12.5. The van der Waals surface area contributed by atoms with Gasteiger partial charge in [-0.15, -0.1) is 6.58 Å². The predicted octanol–water partition coefficient (Wildman–Crippen LogP) is 6.46. The molecule has 0 aliphatic heterocycles. The van der Waals surface area contributed by atoms with Crippen molar-refractivity contribution in [1.82, 2.24) is 0 Å². The fourth-order valence-electron chi connectivity index (χ4n) is 3.34. The fourth-order valence-corrected chi connectivity index (χ4v) is 3.34. The van der Waals surface area contributed by atoms with Crippen LogP contribution < -0.4 is 9.47 Å². The van der Waals surface area contributed by atoms with Crippen LogP contribution in [0.4, 0.5) is 0 Å². The molecule has 32 heavy (non-hydrogen) atoms. The predicted molar refractivity (Wildman–Crippen MR) is 127 cm³/mol. The Morgan fingerprint density at radius 1 is 0.906 bits per heavy atom. The highest BCUT2D eigenvalue weighted by Gasteiger charge is 2.16. The minimum Gasteiger partial charge on any atom is -0.497 e. The first kappa shape index (κ1) is 23.1. The van der Waals surface area contributed by atoms with Crippen LogP contribution in [0.2, 0.25) is 0 Å². The summed E-state index contributed by atoms with van der Waals surface area (Å²) in [7, 11) is 1.63. The summed E-state index contributed by atoms with van der Waals surface area (Å²) in [6, 6.07) is 25.6. The number of benzene rings is 3. The molecule has 0 fully saturated rings. The highest BCUT2D eigenvalue weighted by atomic mass is 16.5. The van der Waals surface area contributed by atoms with Crippen molar-refractivity contribution >= 4 is 5.97 Å². The minimum absolute atomic E-state index is 0.209. The molecule has 0 unspecified atom stereocenters. The molecule has 0 spiro atoms. The molecule has 3 aromatic carbocycles. The minimum atomic E-state index is -0.292. The van der Waals surface area contributed by atoms with Gasteiger partial charge in [-0.05, 0) is 60.2 Å². The molecule has 1 atom stereocenters. The largest absolute Gasteiger partial charge is 0.497 e. The zero-order chi connectivity index (χ0) is 22.6.